The highest BCUT2D eigenvalue weighted by Gasteiger charge is 2.05. The molecule has 1 heterocycles. The number of fused-ring (bicyclic) bond motifs is 1. The lowest BCUT2D eigenvalue weighted by atomic mass is 10.1. The molecule has 62 valence electrons. The van der Waals surface area contributed by atoms with Crippen LogP contribution in [0, 0.1) is 13.8 Å². The molecule has 0 nitrogen and oxygen atoms in total. The molecule has 0 spiro atoms. The highest BCUT2D eigenvalue weighted by atomic mass is 79.9. The predicted molar refractivity (Wildman–Crippen MR) is 59.0 cm³/mol. The number of thiophene rings is 1. The van der Waals surface area contributed by atoms with Crippen LogP contribution in [0.25, 0.3) is 10.1 Å². The van der Waals surface area contributed by atoms with Crippen LogP contribution in [0.4, 0.5) is 0 Å². The summed E-state index contributed by atoms with van der Waals surface area (Å²) in [5.41, 5.74) is 2.69. The van der Waals surface area contributed by atoms with Gasteiger partial charge in [-0.3, -0.25) is 0 Å². The lowest BCUT2D eigenvalue weighted by Crippen LogP contribution is -1.79. The zero-order chi connectivity index (χ0) is 8.72. The fraction of sp³-hybridized carbons (Fsp3) is 0.200. The van der Waals surface area contributed by atoms with Crippen molar-refractivity contribution in [2.45, 2.75) is 13.8 Å². The van der Waals surface area contributed by atoms with Crippen molar-refractivity contribution in [2.24, 2.45) is 0 Å². The Balaban J connectivity index is 2.97. The third-order valence-corrected chi connectivity index (χ3v) is 4.28. The molecule has 2 aromatic rings. The number of benzene rings is 1. The van der Waals surface area contributed by atoms with Crippen molar-refractivity contribution in [3.63, 3.8) is 0 Å². The standard InChI is InChI=1S/C10H9BrS/c1-6-5-7(2)9(11)10-8(6)3-4-12-10/h3-5H,1-2H3. The zero-order valence-electron chi connectivity index (χ0n) is 7.02. The van der Waals surface area contributed by atoms with Gasteiger partial charge in [0.15, 0.2) is 0 Å². The Hall–Kier alpha value is -0.340. The smallest absolute Gasteiger partial charge is 0.0490 e. The van der Waals surface area contributed by atoms with Crippen molar-refractivity contribution >= 4 is 37.4 Å². The molecule has 0 radical (unpaired) electrons. The van der Waals surface area contributed by atoms with Crippen molar-refractivity contribution in [1.82, 2.24) is 0 Å². The number of halogens is 1. The van der Waals surface area contributed by atoms with Crippen LogP contribution in [0.2, 0.25) is 0 Å². The second-order valence-corrected chi connectivity index (χ2v) is 4.70. The molecular formula is C10H9BrS. The summed E-state index contributed by atoms with van der Waals surface area (Å²) >= 11 is 5.40. The largest absolute Gasteiger partial charge is 0.143 e. The van der Waals surface area contributed by atoms with Crippen molar-refractivity contribution in [3.05, 3.63) is 33.1 Å². The Labute approximate surface area is 84.4 Å². The summed E-state index contributed by atoms with van der Waals surface area (Å²) in [6, 6.07) is 4.40. The van der Waals surface area contributed by atoms with E-state index in [9.17, 15) is 0 Å². The van der Waals surface area contributed by atoms with E-state index in [1.165, 1.54) is 25.7 Å². The summed E-state index contributed by atoms with van der Waals surface area (Å²) in [5, 5.41) is 3.51. The van der Waals surface area contributed by atoms with Gasteiger partial charge in [-0.1, -0.05) is 6.07 Å². The van der Waals surface area contributed by atoms with Gasteiger partial charge < -0.3 is 0 Å². The fourth-order valence-electron chi connectivity index (χ4n) is 1.43. The fourth-order valence-corrected chi connectivity index (χ4v) is 3.00. The lowest BCUT2D eigenvalue weighted by molar-refractivity contribution is 1.42. The van der Waals surface area contributed by atoms with Crippen molar-refractivity contribution in [1.29, 1.82) is 0 Å². The Morgan fingerprint density at radius 2 is 2.00 bits per heavy atom. The van der Waals surface area contributed by atoms with Crippen LogP contribution >= 0.6 is 27.3 Å². The van der Waals surface area contributed by atoms with Gasteiger partial charge in [-0.2, -0.15) is 0 Å². The summed E-state index contributed by atoms with van der Waals surface area (Å²) < 4.78 is 2.62. The topological polar surface area (TPSA) is 0 Å². The quantitative estimate of drug-likeness (QED) is 0.645. The summed E-state index contributed by atoms with van der Waals surface area (Å²) in [7, 11) is 0. The van der Waals surface area contributed by atoms with Crippen LogP contribution in [0.3, 0.4) is 0 Å². The lowest BCUT2D eigenvalue weighted by Gasteiger charge is -2.02. The maximum Gasteiger partial charge on any atom is 0.0490 e. The van der Waals surface area contributed by atoms with Crippen molar-refractivity contribution in [2.75, 3.05) is 0 Å². The summed E-state index contributed by atoms with van der Waals surface area (Å²) in [4.78, 5) is 0. The van der Waals surface area contributed by atoms with Gasteiger partial charge in [-0.05, 0) is 57.7 Å². The van der Waals surface area contributed by atoms with Crippen molar-refractivity contribution in [3.8, 4) is 0 Å². The summed E-state index contributed by atoms with van der Waals surface area (Å²) in [6.07, 6.45) is 0. The van der Waals surface area contributed by atoms with E-state index in [-0.39, 0.29) is 0 Å². The van der Waals surface area contributed by atoms with E-state index in [0.717, 1.165) is 0 Å². The molecule has 2 heteroatoms. The summed E-state index contributed by atoms with van der Waals surface area (Å²) in [5.74, 6) is 0. The predicted octanol–water partition coefficient (Wildman–Crippen LogP) is 4.28. The van der Waals surface area contributed by atoms with Gasteiger partial charge in [0.1, 0.15) is 0 Å². The molecule has 0 bridgehead atoms. The monoisotopic (exact) mass is 240 g/mol. The van der Waals surface area contributed by atoms with E-state index >= 15 is 0 Å². The van der Waals surface area contributed by atoms with Crippen LogP contribution in [-0.2, 0) is 0 Å². The SMILES string of the molecule is Cc1cc(C)c2ccsc2c1Br. The van der Waals surface area contributed by atoms with Gasteiger partial charge >= 0.3 is 0 Å². The Morgan fingerprint density at radius 3 is 2.75 bits per heavy atom. The Kier molecular flexibility index (Phi) is 1.97. The number of hydrogen-bond donors (Lipinski definition) is 0. The first kappa shape index (κ1) is 8.27. The minimum atomic E-state index is 1.25. The molecule has 1 aromatic carbocycles. The zero-order valence-corrected chi connectivity index (χ0v) is 9.42. The molecule has 0 saturated carbocycles. The highest BCUT2D eigenvalue weighted by molar-refractivity contribution is 9.10. The van der Waals surface area contributed by atoms with Crippen LogP contribution in [-0.4, -0.2) is 0 Å². The van der Waals surface area contributed by atoms with E-state index in [4.69, 9.17) is 0 Å². The molecule has 0 atom stereocenters. The van der Waals surface area contributed by atoms with E-state index in [1.54, 1.807) is 11.3 Å². The molecule has 0 amide bonds. The molecule has 0 N–H and O–H groups in total. The minimum Gasteiger partial charge on any atom is -0.143 e. The molecule has 0 fully saturated rings. The number of rotatable bonds is 0. The maximum absolute atomic E-state index is 3.60. The van der Waals surface area contributed by atoms with Crippen LogP contribution in [0.15, 0.2) is 22.0 Å². The molecular weight excluding hydrogens is 232 g/mol. The number of aryl methyl sites for hydroxylation is 2. The first-order valence-corrected chi connectivity index (χ1v) is 5.50. The van der Waals surface area contributed by atoms with Gasteiger partial charge in [-0.15, -0.1) is 11.3 Å². The Morgan fingerprint density at radius 1 is 1.25 bits per heavy atom. The first-order valence-electron chi connectivity index (χ1n) is 3.83. The van der Waals surface area contributed by atoms with E-state index in [2.05, 4.69) is 47.3 Å². The van der Waals surface area contributed by atoms with E-state index in [1.807, 2.05) is 0 Å². The molecule has 0 saturated heterocycles. The second kappa shape index (κ2) is 2.86. The molecule has 0 aliphatic carbocycles. The molecule has 0 aliphatic rings. The van der Waals surface area contributed by atoms with Gasteiger partial charge in [-0.25, -0.2) is 0 Å². The molecule has 2 rings (SSSR count). The summed E-state index contributed by atoms with van der Waals surface area (Å²) in [6.45, 7) is 4.30. The minimum absolute atomic E-state index is 1.25. The molecule has 0 aliphatic heterocycles. The normalized spacial score (nSPS) is 10.9. The van der Waals surface area contributed by atoms with E-state index in [0.29, 0.717) is 0 Å². The van der Waals surface area contributed by atoms with Gasteiger partial charge in [0, 0.05) is 9.17 Å². The maximum atomic E-state index is 3.60. The average molecular weight is 241 g/mol. The number of hydrogen-bond acceptors (Lipinski definition) is 1. The third kappa shape index (κ3) is 1.10. The molecule has 0 unspecified atom stereocenters. The average Bonchev–Trinajstić information content (AvgIpc) is 2.48. The van der Waals surface area contributed by atoms with Crippen LogP contribution in [0.1, 0.15) is 11.1 Å². The Bertz CT molecular complexity index is 429. The second-order valence-electron chi connectivity index (χ2n) is 2.99. The molecule has 12 heavy (non-hydrogen) atoms. The van der Waals surface area contributed by atoms with Gasteiger partial charge in [0.25, 0.3) is 0 Å². The van der Waals surface area contributed by atoms with Crippen LogP contribution in [0.5, 0.6) is 0 Å². The molecule has 1 aromatic heterocycles. The van der Waals surface area contributed by atoms with Gasteiger partial charge in [0.05, 0.1) is 0 Å². The van der Waals surface area contributed by atoms with Crippen molar-refractivity contribution < 1.29 is 0 Å². The third-order valence-electron chi connectivity index (χ3n) is 2.07. The highest BCUT2D eigenvalue weighted by Crippen LogP contribution is 2.33. The van der Waals surface area contributed by atoms with Crippen LogP contribution < -0.4 is 0 Å². The van der Waals surface area contributed by atoms with E-state index < -0.39 is 0 Å². The van der Waals surface area contributed by atoms with Gasteiger partial charge in [0.2, 0.25) is 0 Å². The first-order chi connectivity index (χ1) is 5.70.